The quantitative estimate of drug-likeness (QED) is 0.270. The fraction of sp³-hybridized carbons (Fsp3) is 0.308. The average Bonchev–Trinajstić information content (AvgIpc) is 3.30. The average molecular weight is 436 g/mol. The monoisotopic (exact) mass is 435 g/mol. The second-order valence-corrected chi connectivity index (χ2v) is 8.11. The van der Waals surface area contributed by atoms with Gasteiger partial charge in [-0.3, -0.25) is 14.4 Å². The van der Waals surface area contributed by atoms with Crippen molar-refractivity contribution in [3.8, 4) is 0 Å². The maximum atomic E-state index is 12.0. The lowest BCUT2D eigenvalue weighted by Gasteiger charge is -2.11. The van der Waals surface area contributed by atoms with Crippen LogP contribution in [-0.2, 0) is 4.84 Å². The molecule has 6 heteroatoms. The highest BCUT2D eigenvalue weighted by molar-refractivity contribution is 6.00. The predicted octanol–water partition coefficient (Wildman–Crippen LogP) is 6.34. The molecule has 4 rings (SSSR count). The molecule has 4 aromatic rings. The normalized spacial score (nSPS) is 11.0. The van der Waals surface area contributed by atoms with Gasteiger partial charge in [-0.25, -0.2) is 5.06 Å². The van der Waals surface area contributed by atoms with Crippen LogP contribution in [0.1, 0.15) is 52.5 Å². The Morgan fingerprint density at radius 2 is 1.34 bits per heavy atom. The van der Waals surface area contributed by atoms with Crippen molar-refractivity contribution >= 4 is 33.6 Å². The largest absolute Gasteiger partial charge is 0.453 e. The van der Waals surface area contributed by atoms with E-state index < -0.39 is 0 Å². The number of Topliss-reactive ketones (excluding diaryl/α,β-unsaturated/α-hetero) is 1. The van der Waals surface area contributed by atoms with Gasteiger partial charge in [0.25, 0.3) is 0 Å². The molecule has 2 aromatic heterocycles. The van der Waals surface area contributed by atoms with E-state index in [1.54, 1.807) is 7.05 Å². The highest BCUT2D eigenvalue weighted by atomic mass is 16.7. The van der Waals surface area contributed by atoms with Crippen molar-refractivity contribution in [3.63, 3.8) is 0 Å². The van der Waals surface area contributed by atoms with E-state index in [-0.39, 0.29) is 11.7 Å². The maximum Gasteiger partial charge on any atom is 0.313 e. The second-order valence-electron chi connectivity index (χ2n) is 8.11. The number of ketones is 1. The lowest BCUT2D eigenvalue weighted by atomic mass is 10.0. The summed E-state index contributed by atoms with van der Waals surface area (Å²) in [6.45, 7) is 7.88. The zero-order valence-corrected chi connectivity index (χ0v) is 19.4. The number of hydroxylamine groups is 2. The first-order valence-corrected chi connectivity index (χ1v) is 10.6. The van der Waals surface area contributed by atoms with Crippen molar-refractivity contribution in [1.29, 1.82) is 0 Å². The molecule has 0 fully saturated rings. The van der Waals surface area contributed by atoms with Crippen LogP contribution < -0.4 is 0 Å². The molecule has 2 aromatic carbocycles. The van der Waals surface area contributed by atoms with Crippen molar-refractivity contribution in [2.45, 2.75) is 34.1 Å². The minimum atomic E-state index is -0.281. The molecular weight excluding hydrogens is 406 g/mol. The standard InChI is InChI=1S/C14H16O2.C12H13NO3/c1-9(2)8-12(15)14-10(3)11-6-4-5-7-13(11)16-14;1-8-9-6-4-5-7-10(9)16-11(8)12(14)13(2)15-3/h4-7,9H,8H2,1-3H3;4-7H,1-3H3. The van der Waals surface area contributed by atoms with E-state index in [2.05, 4.69) is 0 Å². The Kier molecular flexibility index (Phi) is 7.15. The van der Waals surface area contributed by atoms with Gasteiger partial charge >= 0.3 is 5.91 Å². The van der Waals surface area contributed by atoms with E-state index >= 15 is 0 Å². The summed E-state index contributed by atoms with van der Waals surface area (Å²) in [5.74, 6) is 1.03. The van der Waals surface area contributed by atoms with Gasteiger partial charge in [0, 0.05) is 35.4 Å². The first-order valence-electron chi connectivity index (χ1n) is 10.6. The fourth-order valence-corrected chi connectivity index (χ4v) is 3.51. The number of aryl methyl sites for hydroxylation is 2. The molecule has 0 N–H and O–H groups in total. The lowest BCUT2D eigenvalue weighted by Crippen LogP contribution is -2.25. The van der Waals surface area contributed by atoms with Gasteiger partial charge in [-0.2, -0.15) is 0 Å². The molecule has 0 bridgehead atoms. The van der Waals surface area contributed by atoms with E-state index in [0.29, 0.717) is 29.4 Å². The Bertz CT molecular complexity index is 1250. The molecule has 0 aliphatic heterocycles. The molecule has 0 saturated carbocycles. The first kappa shape index (κ1) is 23.3. The lowest BCUT2D eigenvalue weighted by molar-refractivity contribution is -0.0773. The summed E-state index contributed by atoms with van der Waals surface area (Å²) in [5, 5.41) is 3.13. The third-order valence-electron chi connectivity index (χ3n) is 5.29. The smallest absolute Gasteiger partial charge is 0.313 e. The third kappa shape index (κ3) is 4.75. The van der Waals surface area contributed by atoms with Crippen LogP contribution in [0.3, 0.4) is 0 Å². The van der Waals surface area contributed by atoms with Crippen LogP contribution in [0.25, 0.3) is 21.9 Å². The highest BCUT2D eigenvalue weighted by Gasteiger charge is 2.21. The molecule has 0 unspecified atom stereocenters. The summed E-state index contributed by atoms with van der Waals surface area (Å²) in [7, 11) is 2.99. The predicted molar refractivity (Wildman–Crippen MR) is 125 cm³/mol. The van der Waals surface area contributed by atoms with Crippen LogP contribution in [0.15, 0.2) is 57.4 Å². The zero-order chi connectivity index (χ0) is 23.4. The molecular formula is C26H29NO5. The number of para-hydroxylation sites is 2. The van der Waals surface area contributed by atoms with Crippen LogP contribution >= 0.6 is 0 Å². The number of benzene rings is 2. The fourth-order valence-electron chi connectivity index (χ4n) is 3.51. The van der Waals surface area contributed by atoms with Gasteiger partial charge in [-0.15, -0.1) is 0 Å². The summed E-state index contributed by atoms with van der Waals surface area (Å²) in [6.07, 6.45) is 0.542. The Hall–Kier alpha value is -3.38. The number of rotatable bonds is 5. The van der Waals surface area contributed by atoms with E-state index in [0.717, 1.165) is 32.5 Å². The number of hydrogen-bond donors (Lipinski definition) is 0. The molecule has 6 nitrogen and oxygen atoms in total. The highest BCUT2D eigenvalue weighted by Crippen LogP contribution is 2.27. The molecule has 0 saturated heterocycles. The minimum absolute atomic E-state index is 0.101. The molecule has 0 atom stereocenters. The number of amides is 1. The van der Waals surface area contributed by atoms with Crippen molar-refractivity contribution in [2.75, 3.05) is 14.2 Å². The van der Waals surface area contributed by atoms with Gasteiger partial charge in [0.2, 0.25) is 0 Å². The van der Waals surface area contributed by atoms with Gasteiger partial charge in [-0.1, -0.05) is 50.2 Å². The summed E-state index contributed by atoms with van der Waals surface area (Å²) in [4.78, 5) is 28.7. The number of carbonyl (C=O) groups is 2. The van der Waals surface area contributed by atoms with Crippen molar-refractivity contribution in [3.05, 3.63) is 71.2 Å². The first-order chi connectivity index (χ1) is 15.2. The molecule has 0 aliphatic rings. The summed E-state index contributed by atoms with van der Waals surface area (Å²) in [5.41, 5.74) is 3.31. The molecule has 1 amide bonds. The molecule has 2 heterocycles. The number of carbonyl (C=O) groups excluding carboxylic acids is 2. The molecule has 32 heavy (non-hydrogen) atoms. The Morgan fingerprint density at radius 1 is 0.875 bits per heavy atom. The van der Waals surface area contributed by atoms with Gasteiger partial charge in [0.15, 0.2) is 17.3 Å². The van der Waals surface area contributed by atoms with Crippen LogP contribution in [0.2, 0.25) is 0 Å². The molecule has 168 valence electrons. The van der Waals surface area contributed by atoms with Crippen molar-refractivity contribution < 1.29 is 23.3 Å². The Balaban J connectivity index is 0.000000181. The SMILES string of the molecule is CON(C)C(=O)c1oc2ccccc2c1C.Cc1c(C(=O)CC(C)C)oc2ccccc12. The summed E-state index contributed by atoms with van der Waals surface area (Å²) in [6, 6.07) is 15.3. The van der Waals surface area contributed by atoms with Crippen molar-refractivity contribution in [2.24, 2.45) is 5.92 Å². The molecule has 0 aliphatic carbocycles. The summed E-state index contributed by atoms with van der Waals surface area (Å²) < 4.78 is 11.1. The maximum absolute atomic E-state index is 12.0. The third-order valence-corrected chi connectivity index (χ3v) is 5.29. The zero-order valence-electron chi connectivity index (χ0n) is 19.4. The van der Waals surface area contributed by atoms with E-state index in [9.17, 15) is 9.59 Å². The van der Waals surface area contributed by atoms with E-state index in [1.807, 2.05) is 76.2 Å². The van der Waals surface area contributed by atoms with Gasteiger partial charge < -0.3 is 8.83 Å². The summed E-state index contributed by atoms with van der Waals surface area (Å²) >= 11 is 0. The van der Waals surface area contributed by atoms with Gasteiger partial charge in [0.05, 0.1) is 7.11 Å². The van der Waals surface area contributed by atoms with Crippen LogP contribution in [0.4, 0.5) is 0 Å². The van der Waals surface area contributed by atoms with Gasteiger partial charge in [0.1, 0.15) is 11.2 Å². The number of fused-ring (bicyclic) bond motifs is 2. The molecule has 0 spiro atoms. The Morgan fingerprint density at radius 3 is 1.81 bits per heavy atom. The number of furan rings is 2. The van der Waals surface area contributed by atoms with Crippen LogP contribution in [0, 0.1) is 19.8 Å². The van der Waals surface area contributed by atoms with Gasteiger partial charge in [-0.05, 0) is 31.9 Å². The number of hydrogen-bond acceptors (Lipinski definition) is 5. The Labute approximate surface area is 187 Å². The van der Waals surface area contributed by atoms with Crippen LogP contribution in [-0.4, -0.2) is 30.9 Å². The van der Waals surface area contributed by atoms with E-state index in [4.69, 9.17) is 13.7 Å². The minimum Gasteiger partial charge on any atom is -0.453 e. The van der Waals surface area contributed by atoms with Crippen LogP contribution in [0.5, 0.6) is 0 Å². The molecule has 0 radical (unpaired) electrons. The topological polar surface area (TPSA) is 72.9 Å². The second kappa shape index (κ2) is 9.83. The van der Waals surface area contributed by atoms with E-state index in [1.165, 1.54) is 7.11 Å². The number of nitrogens with zero attached hydrogens (tertiary/aromatic N) is 1. The van der Waals surface area contributed by atoms with Crippen molar-refractivity contribution in [1.82, 2.24) is 5.06 Å².